The summed E-state index contributed by atoms with van der Waals surface area (Å²) in [6, 6.07) is 8.21. The van der Waals surface area contributed by atoms with Crippen molar-refractivity contribution < 1.29 is 27.9 Å². The van der Waals surface area contributed by atoms with E-state index in [9.17, 15) is 9.46 Å². The van der Waals surface area contributed by atoms with E-state index in [4.69, 9.17) is 14.0 Å². The molecule has 2 atom stereocenters. The molecule has 0 spiro atoms. The largest absolute Gasteiger partial charge is 0.491 e. The highest BCUT2D eigenvalue weighted by atomic mass is 31.2. The van der Waals surface area contributed by atoms with Gasteiger partial charge in [0.2, 0.25) is 0 Å². The van der Waals surface area contributed by atoms with Gasteiger partial charge < -0.3 is 23.4 Å². The van der Waals surface area contributed by atoms with E-state index in [1.807, 2.05) is 12.1 Å². The molecule has 0 bridgehead atoms. The molecule has 1 rings (SSSR count). The number of quaternary nitrogens is 1. The highest BCUT2D eigenvalue weighted by Gasteiger charge is 2.23. The SMILES string of the molecule is CCCCCCCCCCCCCc1cccc(OCC(COP(=O)(O)CCC[N+](C)(C)C)OC)c1. The lowest BCUT2D eigenvalue weighted by Gasteiger charge is -2.24. The molecule has 0 aliphatic rings. The Balaban J connectivity index is 2.24. The Morgan fingerprint density at radius 1 is 0.889 bits per heavy atom. The molecular formula is C29H55NO5P+. The van der Waals surface area contributed by atoms with Gasteiger partial charge in [-0.1, -0.05) is 83.3 Å². The predicted octanol–water partition coefficient (Wildman–Crippen LogP) is 7.23. The van der Waals surface area contributed by atoms with E-state index in [0.717, 1.165) is 23.2 Å². The lowest BCUT2D eigenvalue weighted by Crippen LogP contribution is -2.35. The average Bonchev–Trinajstić information content (AvgIpc) is 2.82. The number of unbranched alkanes of at least 4 members (excludes halogenated alkanes) is 10. The molecule has 0 saturated carbocycles. The summed E-state index contributed by atoms with van der Waals surface area (Å²) in [5, 5.41) is 0. The molecule has 0 amide bonds. The standard InChI is InChI=1S/C29H54NO5P/c1-6-7-8-9-10-11-12-13-14-15-16-19-27-20-17-21-28(24-27)34-25-29(33-5)26-35-36(31,32)23-18-22-30(2,3)4/h17,20-21,24,29H,6-16,18-19,22-23,25-26H2,1-5H3/p+1. The van der Waals surface area contributed by atoms with Crippen LogP contribution in [0.4, 0.5) is 0 Å². The summed E-state index contributed by atoms with van der Waals surface area (Å²) in [5.74, 6) is 0.799. The zero-order valence-corrected chi connectivity index (χ0v) is 24.8. The number of ether oxygens (including phenoxy) is 2. The van der Waals surface area contributed by atoms with Gasteiger partial charge in [0.05, 0.1) is 40.5 Å². The molecule has 0 aromatic heterocycles. The summed E-state index contributed by atoms with van der Waals surface area (Å²) < 4.78 is 29.7. The summed E-state index contributed by atoms with van der Waals surface area (Å²) in [7, 11) is 4.14. The van der Waals surface area contributed by atoms with E-state index in [-0.39, 0.29) is 19.4 Å². The Kier molecular flexibility index (Phi) is 17.7. The first-order valence-corrected chi connectivity index (χ1v) is 15.9. The first kappa shape index (κ1) is 33.1. The van der Waals surface area contributed by atoms with E-state index < -0.39 is 13.7 Å². The van der Waals surface area contributed by atoms with E-state index in [2.05, 4.69) is 40.2 Å². The Morgan fingerprint density at radius 2 is 1.50 bits per heavy atom. The van der Waals surface area contributed by atoms with Gasteiger partial charge in [0.15, 0.2) is 0 Å². The van der Waals surface area contributed by atoms with Crippen molar-refractivity contribution in [2.45, 2.75) is 96.5 Å². The summed E-state index contributed by atoms with van der Waals surface area (Å²) in [4.78, 5) is 10.1. The van der Waals surface area contributed by atoms with Crippen LogP contribution < -0.4 is 4.74 Å². The van der Waals surface area contributed by atoms with Crippen molar-refractivity contribution in [3.05, 3.63) is 29.8 Å². The molecule has 1 aromatic rings. The molecule has 0 aliphatic carbocycles. The van der Waals surface area contributed by atoms with Gasteiger partial charge in [0.25, 0.3) is 0 Å². The number of benzene rings is 1. The van der Waals surface area contributed by atoms with Crippen molar-refractivity contribution in [3.63, 3.8) is 0 Å². The summed E-state index contributed by atoms with van der Waals surface area (Å²) >= 11 is 0. The number of nitrogens with zero attached hydrogens (tertiary/aromatic N) is 1. The second kappa shape index (κ2) is 19.2. The molecule has 0 aliphatic heterocycles. The quantitative estimate of drug-likeness (QED) is 0.0922. The van der Waals surface area contributed by atoms with Crippen molar-refractivity contribution in [2.24, 2.45) is 0 Å². The number of hydrogen-bond donors (Lipinski definition) is 1. The van der Waals surface area contributed by atoms with Crippen LogP contribution in [-0.2, 0) is 20.2 Å². The molecule has 0 saturated heterocycles. The summed E-state index contributed by atoms with van der Waals surface area (Å²) in [6.45, 7) is 3.40. The normalized spacial score (nSPS) is 14.5. The van der Waals surface area contributed by atoms with Gasteiger partial charge in [-0.2, -0.15) is 0 Å². The third-order valence-electron chi connectivity index (χ3n) is 6.47. The molecule has 7 heteroatoms. The van der Waals surface area contributed by atoms with Crippen LogP contribution >= 0.6 is 7.60 Å². The molecule has 210 valence electrons. The fraction of sp³-hybridized carbons (Fsp3) is 0.793. The van der Waals surface area contributed by atoms with Crippen LogP contribution in [0.2, 0.25) is 0 Å². The molecule has 0 radical (unpaired) electrons. The minimum atomic E-state index is -3.63. The summed E-state index contributed by atoms with van der Waals surface area (Å²) in [5.41, 5.74) is 1.28. The van der Waals surface area contributed by atoms with Gasteiger partial charge in [-0.3, -0.25) is 4.57 Å². The second-order valence-electron chi connectivity index (χ2n) is 11.1. The van der Waals surface area contributed by atoms with Crippen molar-refractivity contribution in [2.75, 3.05) is 54.2 Å². The molecule has 6 nitrogen and oxygen atoms in total. The second-order valence-corrected chi connectivity index (χ2v) is 13.1. The van der Waals surface area contributed by atoms with Gasteiger partial charge >= 0.3 is 7.60 Å². The molecule has 0 heterocycles. The van der Waals surface area contributed by atoms with Crippen molar-refractivity contribution in [1.82, 2.24) is 0 Å². The Hall–Kier alpha value is -0.910. The third-order valence-corrected chi connectivity index (χ3v) is 7.90. The Bertz CT molecular complexity index is 722. The fourth-order valence-electron chi connectivity index (χ4n) is 4.17. The van der Waals surface area contributed by atoms with E-state index >= 15 is 0 Å². The van der Waals surface area contributed by atoms with Gasteiger partial charge in [-0.25, -0.2) is 0 Å². The van der Waals surface area contributed by atoms with Gasteiger partial charge in [-0.15, -0.1) is 0 Å². The zero-order valence-electron chi connectivity index (χ0n) is 23.9. The molecule has 36 heavy (non-hydrogen) atoms. The Morgan fingerprint density at radius 3 is 2.08 bits per heavy atom. The minimum absolute atomic E-state index is 0.0348. The number of rotatable bonds is 23. The first-order valence-electron chi connectivity index (χ1n) is 14.2. The topological polar surface area (TPSA) is 65.0 Å². The van der Waals surface area contributed by atoms with Gasteiger partial charge in [0.1, 0.15) is 18.5 Å². The van der Waals surface area contributed by atoms with Crippen LogP contribution in [-0.4, -0.2) is 69.7 Å². The maximum absolute atomic E-state index is 12.3. The molecule has 1 N–H and O–H groups in total. The van der Waals surface area contributed by atoms with Crippen LogP contribution in [0, 0.1) is 0 Å². The third kappa shape index (κ3) is 18.4. The van der Waals surface area contributed by atoms with Crippen molar-refractivity contribution >= 4 is 7.60 Å². The fourth-order valence-corrected chi connectivity index (χ4v) is 5.24. The Labute approximate surface area is 221 Å². The van der Waals surface area contributed by atoms with Crippen molar-refractivity contribution in [1.29, 1.82) is 0 Å². The van der Waals surface area contributed by atoms with Crippen LogP contribution in [0.15, 0.2) is 24.3 Å². The molecule has 1 aromatic carbocycles. The average molecular weight is 529 g/mol. The number of hydrogen-bond acceptors (Lipinski definition) is 4. The van der Waals surface area contributed by atoms with E-state index in [1.165, 1.54) is 76.2 Å². The van der Waals surface area contributed by atoms with Crippen LogP contribution in [0.5, 0.6) is 5.75 Å². The zero-order chi connectivity index (χ0) is 26.7. The monoisotopic (exact) mass is 528 g/mol. The highest BCUT2D eigenvalue weighted by Crippen LogP contribution is 2.42. The molecule has 2 unspecified atom stereocenters. The van der Waals surface area contributed by atoms with Crippen LogP contribution in [0.3, 0.4) is 0 Å². The number of aryl methyl sites for hydroxylation is 1. The first-order chi connectivity index (χ1) is 17.1. The predicted molar refractivity (Wildman–Crippen MR) is 151 cm³/mol. The minimum Gasteiger partial charge on any atom is -0.491 e. The van der Waals surface area contributed by atoms with Gasteiger partial charge in [-0.05, 0) is 30.5 Å². The maximum Gasteiger partial charge on any atom is 0.328 e. The van der Waals surface area contributed by atoms with E-state index in [1.54, 1.807) is 7.11 Å². The molecular weight excluding hydrogens is 473 g/mol. The lowest BCUT2D eigenvalue weighted by atomic mass is 10.0. The maximum atomic E-state index is 12.3. The smallest absolute Gasteiger partial charge is 0.328 e. The van der Waals surface area contributed by atoms with Crippen LogP contribution in [0.1, 0.15) is 89.5 Å². The van der Waals surface area contributed by atoms with Crippen LogP contribution in [0.25, 0.3) is 0 Å². The summed E-state index contributed by atoms with van der Waals surface area (Å²) in [6.07, 6.45) is 16.3. The van der Waals surface area contributed by atoms with Crippen molar-refractivity contribution in [3.8, 4) is 5.75 Å². The van der Waals surface area contributed by atoms with E-state index in [0.29, 0.717) is 6.42 Å². The highest BCUT2D eigenvalue weighted by molar-refractivity contribution is 7.52. The number of methoxy groups -OCH3 is 1. The van der Waals surface area contributed by atoms with Gasteiger partial charge in [0, 0.05) is 13.5 Å². The molecule has 0 fully saturated rings. The lowest BCUT2D eigenvalue weighted by molar-refractivity contribution is -0.870.